The second kappa shape index (κ2) is 6.78. The van der Waals surface area contributed by atoms with Gasteiger partial charge in [-0.1, -0.05) is 11.6 Å². The number of hydrogen-bond acceptors (Lipinski definition) is 3. The summed E-state index contributed by atoms with van der Waals surface area (Å²) in [6.07, 6.45) is 1.40. The number of hydrogen-bond donors (Lipinski definition) is 0. The molecular weight excluding hydrogens is 331 g/mol. The molecule has 0 aliphatic rings. The number of nitrogens with zero attached hydrogens (tertiary/aromatic N) is 3. The van der Waals surface area contributed by atoms with Crippen LogP contribution < -0.4 is 5.49 Å². The summed E-state index contributed by atoms with van der Waals surface area (Å²) >= 11 is 5.87. The Labute approximate surface area is 134 Å². The molecule has 0 amide bonds. The van der Waals surface area contributed by atoms with Crippen LogP contribution in [0.25, 0.3) is 11.3 Å². The van der Waals surface area contributed by atoms with Crippen molar-refractivity contribution in [1.82, 2.24) is 9.55 Å². The lowest BCUT2D eigenvalue weighted by atomic mass is 10.1. The smallest absolute Gasteiger partial charge is 0.184 e. The fraction of sp³-hybridized carbons (Fsp3) is 0.133. The van der Waals surface area contributed by atoms with Crippen LogP contribution in [-0.2, 0) is 11.8 Å². The SMILES string of the molecule is C/C(N=c1c(-c2ccc(F)cc2F)nc(Cl)cn1C)=C(\F)C=O. The molecule has 0 saturated carbocycles. The number of carbonyl (C=O) groups is 1. The van der Waals surface area contributed by atoms with Crippen molar-refractivity contribution >= 4 is 17.9 Å². The Morgan fingerprint density at radius 3 is 2.70 bits per heavy atom. The van der Waals surface area contributed by atoms with Crippen LogP contribution in [0.5, 0.6) is 0 Å². The lowest BCUT2D eigenvalue weighted by molar-refractivity contribution is -0.106. The average molecular weight is 342 g/mol. The van der Waals surface area contributed by atoms with Crippen molar-refractivity contribution in [2.24, 2.45) is 12.0 Å². The van der Waals surface area contributed by atoms with E-state index >= 15 is 0 Å². The van der Waals surface area contributed by atoms with Crippen LogP contribution in [0.1, 0.15) is 6.92 Å². The Hall–Kier alpha value is -2.41. The molecule has 2 aromatic rings. The molecule has 0 radical (unpaired) electrons. The van der Waals surface area contributed by atoms with Crippen LogP contribution in [0.2, 0.25) is 5.15 Å². The summed E-state index contributed by atoms with van der Waals surface area (Å²) in [5.41, 5.74) is -0.198. The Morgan fingerprint density at radius 1 is 1.39 bits per heavy atom. The summed E-state index contributed by atoms with van der Waals surface area (Å²) < 4.78 is 41.8. The number of carbonyl (C=O) groups excluding carboxylic acids is 1. The van der Waals surface area contributed by atoms with Gasteiger partial charge in [-0.3, -0.25) is 4.79 Å². The van der Waals surface area contributed by atoms with E-state index in [0.29, 0.717) is 6.07 Å². The minimum atomic E-state index is -1.06. The van der Waals surface area contributed by atoms with E-state index < -0.39 is 17.5 Å². The zero-order chi connectivity index (χ0) is 17.1. The molecule has 0 bridgehead atoms. The largest absolute Gasteiger partial charge is 0.331 e. The molecule has 4 nitrogen and oxygen atoms in total. The minimum absolute atomic E-state index is 0.00412. The number of aldehydes is 1. The van der Waals surface area contributed by atoms with Gasteiger partial charge < -0.3 is 4.57 Å². The van der Waals surface area contributed by atoms with Gasteiger partial charge in [0.2, 0.25) is 0 Å². The molecule has 0 aliphatic heterocycles. The highest BCUT2D eigenvalue weighted by atomic mass is 35.5. The Bertz CT molecular complexity index is 875. The van der Waals surface area contributed by atoms with E-state index in [1.54, 1.807) is 7.05 Å². The van der Waals surface area contributed by atoms with Crippen molar-refractivity contribution in [2.45, 2.75) is 6.92 Å². The molecule has 1 heterocycles. The van der Waals surface area contributed by atoms with Crippen molar-refractivity contribution in [3.05, 3.63) is 58.2 Å². The molecule has 1 aromatic carbocycles. The molecule has 23 heavy (non-hydrogen) atoms. The molecule has 0 N–H and O–H groups in total. The van der Waals surface area contributed by atoms with Crippen molar-refractivity contribution in [1.29, 1.82) is 0 Å². The lowest BCUT2D eigenvalue weighted by Gasteiger charge is -2.09. The van der Waals surface area contributed by atoms with Crippen LogP contribution >= 0.6 is 11.6 Å². The summed E-state index contributed by atoms with van der Waals surface area (Å²) in [6, 6.07) is 2.92. The molecule has 8 heteroatoms. The maximum absolute atomic E-state index is 14.0. The van der Waals surface area contributed by atoms with Gasteiger partial charge in [0.15, 0.2) is 17.6 Å². The highest BCUT2D eigenvalue weighted by Gasteiger charge is 2.13. The first-order valence-electron chi connectivity index (χ1n) is 6.38. The maximum Gasteiger partial charge on any atom is 0.184 e. The molecule has 0 fully saturated rings. The van der Waals surface area contributed by atoms with Gasteiger partial charge in [-0.05, 0) is 19.1 Å². The molecule has 0 spiro atoms. The predicted octanol–water partition coefficient (Wildman–Crippen LogP) is 3.32. The predicted molar refractivity (Wildman–Crippen MR) is 79.0 cm³/mol. The van der Waals surface area contributed by atoms with Crippen LogP contribution in [0.4, 0.5) is 13.2 Å². The first-order valence-corrected chi connectivity index (χ1v) is 6.76. The van der Waals surface area contributed by atoms with Gasteiger partial charge in [0.25, 0.3) is 0 Å². The van der Waals surface area contributed by atoms with Gasteiger partial charge in [-0.2, -0.15) is 0 Å². The van der Waals surface area contributed by atoms with E-state index in [1.165, 1.54) is 23.8 Å². The van der Waals surface area contributed by atoms with E-state index in [1.807, 2.05) is 0 Å². The molecular formula is C15H11ClF3N3O. The van der Waals surface area contributed by atoms with Gasteiger partial charge in [0.05, 0.1) is 5.70 Å². The summed E-state index contributed by atoms with van der Waals surface area (Å²) in [6.45, 7) is 1.28. The first-order chi connectivity index (χ1) is 10.8. The number of halogens is 4. The number of aryl methyl sites for hydroxylation is 1. The van der Waals surface area contributed by atoms with E-state index in [0.717, 1.165) is 6.07 Å². The molecule has 0 unspecified atom stereocenters. The van der Waals surface area contributed by atoms with Gasteiger partial charge in [-0.25, -0.2) is 23.1 Å². The van der Waals surface area contributed by atoms with E-state index in [2.05, 4.69) is 9.98 Å². The van der Waals surface area contributed by atoms with Crippen LogP contribution in [0.3, 0.4) is 0 Å². The molecule has 1 aromatic heterocycles. The van der Waals surface area contributed by atoms with E-state index in [4.69, 9.17) is 11.6 Å². The van der Waals surface area contributed by atoms with Crippen LogP contribution in [0, 0.1) is 11.6 Å². The second-order valence-corrected chi connectivity index (χ2v) is 5.02. The monoisotopic (exact) mass is 341 g/mol. The highest BCUT2D eigenvalue weighted by molar-refractivity contribution is 6.29. The number of aromatic nitrogens is 2. The topological polar surface area (TPSA) is 47.2 Å². The Kier molecular flexibility index (Phi) is 5.00. The Balaban J connectivity index is 2.83. The highest BCUT2D eigenvalue weighted by Crippen LogP contribution is 2.20. The van der Waals surface area contributed by atoms with Gasteiger partial charge in [0, 0.05) is 24.9 Å². The fourth-order valence-electron chi connectivity index (χ4n) is 1.87. The van der Waals surface area contributed by atoms with Gasteiger partial charge in [0.1, 0.15) is 22.5 Å². The molecule has 120 valence electrons. The zero-order valence-electron chi connectivity index (χ0n) is 12.1. The first kappa shape index (κ1) is 17.0. The number of allylic oxidation sites excluding steroid dienone is 2. The van der Waals surface area contributed by atoms with Crippen molar-refractivity contribution in [2.75, 3.05) is 0 Å². The van der Waals surface area contributed by atoms with Gasteiger partial charge in [-0.15, -0.1) is 0 Å². The normalized spacial score (nSPS) is 13.0. The molecule has 0 saturated heterocycles. The molecule has 2 rings (SSSR count). The zero-order valence-corrected chi connectivity index (χ0v) is 12.9. The summed E-state index contributed by atoms with van der Waals surface area (Å²) in [5, 5.41) is 0.0441. The van der Waals surface area contributed by atoms with E-state index in [9.17, 15) is 18.0 Å². The van der Waals surface area contributed by atoms with Crippen LogP contribution in [-0.4, -0.2) is 15.8 Å². The second-order valence-electron chi connectivity index (χ2n) is 4.63. The maximum atomic E-state index is 14.0. The molecule has 0 aliphatic carbocycles. The number of benzene rings is 1. The summed E-state index contributed by atoms with van der Waals surface area (Å²) in [5.74, 6) is -2.68. The standard InChI is InChI=1S/C15H11ClF3N3O/c1-8(12(19)7-23)20-15-14(21-13(16)6-22(15)2)10-4-3-9(17)5-11(10)18/h3-7H,1-2H3/b12-8+,20-15?. The third-order valence-corrected chi connectivity index (χ3v) is 3.16. The van der Waals surface area contributed by atoms with Gasteiger partial charge >= 0.3 is 0 Å². The Morgan fingerprint density at radius 2 is 2.09 bits per heavy atom. The van der Waals surface area contributed by atoms with Crippen molar-refractivity contribution < 1.29 is 18.0 Å². The van der Waals surface area contributed by atoms with Crippen molar-refractivity contribution in [3.8, 4) is 11.3 Å². The average Bonchev–Trinajstić information content (AvgIpc) is 2.49. The van der Waals surface area contributed by atoms with E-state index in [-0.39, 0.29) is 33.9 Å². The summed E-state index contributed by atoms with van der Waals surface area (Å²) in [7, 11) is 1.55. The number of rotatable bonds is 3. The quantitative estimate of drug-likeness (QED) is 0.635. The minimum Gasteiger partial charge on any atom is -0.331 e. The fourth-order valence-corrected chi connectivity index (χ4v) is 2.10. The lowest BCUT2D eigenvalue weighted by Crippen LogP contribution is -2.22. The third kappa shape index (κ3) is 3.68. The molecule has 0 atom stereocenters. The third-order valence-electron chi connectivity index (χ3n) is 2.97. The van der Waals surface area contributed by atoms with Crippen molar-refractivity contribution in [3.63, 3.8) is 0 Å². The summed E-state index contributed by atoms with van der Waals surface area (Å²) in [4.78, 5) is 18.4. The van der Waals surface area contributed by atoms with Crippen LogP contribution in [0.15, 0.2) is 40.9 Å².